The number of hydrogen-bond donors (Lipinski definition) is 2. The van der Waals surface area contributed by atoms with Gasteiger partial charge >= 0.3 is 5.97 Å². The largest absolute Gasteiger partial charge is 0.478 e. The van der Waals surface area contributed by atoms with Crippen molar-refractivity contribution in [1.29, 1.82) is 0 Å². The number of halogens is 1. The van der Waals surface area contributed by atoms with Gasteiger partial charge in [-0.15, -0.1) is 0 Å². The number of nitrogens with zero attached hydrogens (tertiary/aromatic N) is 2. The van der Waals surface area contributed by atoms with Gasteiger partial charge in [0.25, 0.3) is 0 Å². The zero-order valence-electron chi connectivity index (χ0n) is 11.6. The van der Waals surface area contributed by atoms with Crippen LogP contribution in [0.3, 0.4) is 0 Å². The number of aromatic carboxylic acids is 1. The number of pyridine rings is 1. The third-order valence-electron chi connectivity index (χ3n) is 3.77. The van der Waals surface area contributed by atoms with Crippen molar-refractivity contribution < 1.29 is 9.90 Å². The van der Waals surface area contributed by atoms with E-state index in [1.807, 2.05) is 0 Å². The van der Waals surface area contributed by atoms with Crippen LogP contribution < -0.4 is 5.32 Å². The van der Waals surface area contributed by atoms with Crippen LogP contribution >= 0.6 is 11.6 Å². The summed E-state index contributed by atoms with van der Waals surface area (Å²) in [5.74, 6) is 0.147. The molecule has 0 atom stereocenters. The summed E-state index contributed by atoms with van der Waals surface area (Å²) in [6, 6.07) is 2.88. The number of anilines is 1. The molecule has 110 valence electrons. The molecule has 2 N–H and O–H groups in total. The van der Waals surface area contributed by atoms with Gasteiger partial charge in [-0.1, -0.05) is 18.5 Å². The highest BCUT2D eigenvalue weighted by Gasteiger charge is 2.18. The van der Waals surface area contributed by atoms with Gasteiger partial charge in [0.05, 0.1) is 5.56 Å². The minimum absolute atomic E-state index is 0.160. The maximum Gasteiger partial charge on any atom is 0.335 e. The molecule has 20 heavy (non-hydrogen) atoms. The van der Waals surface area contributed by atoms with E-state index in [0.717, 1.165) is 39.0 Å². The zero-order valence-corrected chi connectivity index (χ0v) is 12.4. The number of hydrogen-bond acceptors (Lipinski definition) is 4. The minimum Gasteiger partial charge on any atom is -0.478 e. The third kappa shape index (κ3) is 4.08. The van der Waals surface area contributed by atoms with Crippen molar-refractivity contribution in [3.63, 3.8) is 0 Å². The van der Waals surface area contributed by atoms with Gasteiger partial charge in [-0.2, -0.15) is 0 Å². The van der Waals surface area contributed by atoms with Crippen molar-refractivity contribution >= 4 is 23.4 Å². The van der Waals surface area contributed by atoms with E-state index in [-0.39, 0.29) is 10.7 Å². The summed E-state index contributed by atoms with van der Waals surface area (Å²) in [5, 5.41) is 12.4. The first-order chi connectivity index (χ1) is 9.58. The van der Waals surface area contributed by atoms with Gasteiger partial charge < -0.3 is 15.3 Å². The summed E-state index contributed by atoms with van der Waals surface area (Å²) in [6.45, 7) is 6.36. The first-order valence-electron chi connectivity index (χ1n) is 6.95. The fourth-order valence-corrected chi connectivity index (χ4v) is 2.68. The lowest BCUT2D eigenvalue weighted by Gasteiger charge is -2.31. The Labute approximate surface area is 123 Å². The van der Waals surface area contributed by atoms with Crippen LogP contribution in [0.5, 0.6) is 0 Å². The molecule has 1 saturated heterocycles. The van der Waals surface area contributed by atoms with Crippen LogP contribution in [-0.4, -0.2) is 47.1 Å². The Morgan fingerprint density at radius 2 is 2.20 bits per heavy atom. The molecule has 6 heteroatoms. The van der Waals surface area contributed by atoms with Crippen molar-refractivity contribution in [2.24, 2.45) is 5.92 Å². The molecule has 0 aromatic carbocycles. The molecule has 0 radical (unpaired) electrons. The minimum atomic E-state index is -0.992. The highest BCUT2D eigenvalue weighted by atomic mass is 35.5. The smallest absolute Gasteiger partial charge is 0.335 e. The van der Waals surface area contributed by atoms with Crippen LogP contribution in [0.1, 0.15) is 30.1 Å². The third-order valence-corrected chi connectivity index (χ3v) is 3.96. The van der Waals surface area contributed by atoms with Gasteiger partial charge in [-0.3, -0.25) is 0 Å². The van der Waals surface area contributed by atoms with E-state index in [1.165, 1.54) is 12.1 Å². The van der Waals surface area contributed by atoms with Crippen molar-refractivity contribution in [2.45, 2.75) is 19.8 Å². The molecule has 1 fully saturated rings. The van der Waals surface area contributed by atoms with Crippen LogP contribution in [-0.2, 0) is 0 Å². The molecule has 1 aromatic heterocycles. The molecular formula is C14H20ClN3O2. The standard InChI is InChI=1S/C14H20ClN3O2/c1-2-18-5-3-10(4-6-18)9-16-13-8-11(14(19)20)7-12(15)17-13/h7-8,10H,2-6,9H2,1H3,(H,16,17)(H,19,20). The van der Waals surface area contributed by atoms with Gasteiger partial charge in [0.2, 0.25) is 0 Å². The second-order valence-electron chi connectivity index (χ2n) is 5.13. The number of carboxylic acids is 1. The van der Waals surface area contributed by atoms with Crippen LogP contribution in [0.25, 0.3) is 0 Å². The molecule has 1 aliphatic rings. The van der Waals surface area contributed by atoms with Crippen molar-refractivity contribution in [3.8, 4) is 0 Å². The van der Waals surface area contributed by atoms with Gasteiger partial charge in [0.1, 0.15) is 11.0 Å². The Morgan fingerprint density at radius 3 is 2.80 bits per heavy atom. The summed E-state index contributed by atoms with van der Waals surface area (Å²) in [6.07, 6.45) is 2.32. The fourth-order valence-electron chi connectivity index (χ4n) is 2.47. The maximum atomic E-state index is 11.0. The molecule has 1 aromatic rings. The van der Waals surface area contributed by atoms with Crippen molar-refractivity contribution in [3.05, 3.63) is 22.8 Å². The van der Waals surface area contributed by atoms with E-state index >= 15 is 0 Å². The average Bonchev–Trinajstić information content (AvgIpc) is 2.45. The van der Waals surface area contributed by atoms with Crippen molar-refractivity contribution in [2.75, 3.05) is 31.5 Å². The molecule has 2 heterocycles. The Balaban J connectivity index is 1.89. The normalized spacial score (nSPS) is 17.1. The van der Waals surface area contributed by atoms with E-state index in [2.05, 4.69) is 22.1 Å². The quantitative estimate of drug-likeness (QED) is 0.818. The lowest BCUT2D eigenvalue weighted by Crippen LogP contribution is -2.35. The van der Waals surface area contributed by atoms with E-state index in [1.54, 1.807) is 0 Å². The maximum absolute atomic E-state index is 11.0. The summed E-state index contributed by atoms with van der Waals surface area (Å²) in [7, 11) is 0. The van der Waals surface area contributed by atoms with Gasteiger partial charge in [0, 0.05) is 6.54 Å². The van der Waals surface area contributed by atoms with Crippen LogP contribution in [0.2, 0.25) is 5.15 Å². The summed E-state index contributed by atoms with van der Waals surface area (Å²) in [4.78, 5) is 17.5. The highest BCUT2D eigenvalue weighted by molar-refractivity contribution is 6.29. The number of nitrogens with one attached hydrogen (secondary N) is 1. The summed E-state index contributed by atoms with van der Waals surface area (Å²) < 4.78 is 0. The average molecular weight is 298 g/mol. The second kappa shape index (κ2) is 6.90. The highest BCUT2D eigenvalue weighted by Crippen LogP contribution is 2.19. The first kappa shape index (κ1) is 15.1. The first-order valence-corrected chi connectivity index (χ1v) is 7.33. The number of carbonyl (C=O) groups is 1. The zero-order chi connectivity index (χ0) is 14.5. The SMILES string of the molecule is CCN1CCC(CNc2cc(C(=O)O)cc(Cl)n2)CC1. The molecule has 0 aliphatic carbocycles. The Kier molecular flexibility index (Phi) is 5.20. The molecule has 0 saturated carbocycles. The number of carboxylic acid groups (broad SMARTS) is 1. The molecule has 2 rings (SSSR count). The lowest BCUT2D eigenvalue weighted by molar-refractivity contribution is 0.0697. The number of rotatable bonds is 5. The fraction of sp³-hybridized carbons (Fsp3) is 0.571. The van der Waals surface area contributed by atoms with Gasteiger partial charge in [-0.05, 0) is 50.5 Å². The molecule has 0 unspecified atom stereocenters. The van der Waals surface area contributed by atoms with E-state index < -0.39 is 5.97 Å². The molecule has 5 nitrogen and oxygen atoms in total. The van der Waals surface area contributed by atoms with E-state index in [9.17, 15) is 4.79 Å². The molecular weight excluding hydrogens is 278 g/mol. The van der Waals surface area contributed by atoms with E-state index in [4.69, 9.17) is 16.7 Å². The number of piperidine rings is 1. The lowest BCUT2D eigenvalue weighted by atomic mass is 9.97. The predicted octanol–water partition coefficient (Wildman–Crippen LogP) is 2.58. The summed E-state index contributed by atoms with van der Waals surface area (Å²) in [5.41, 5.74) is 0.160. The molecule has 1 aliphatic heterocycles. The Bertz CT molecular complexity index is 473. The topological polar surface area (TPSA) is 65.5 Å². The molecule has 0 spiro atoms. The van der Waals surface area contributed by atoms with E-state index in [0.29, 0.717) is 11.7 Å². The second-order valence-corrected chi connectivity index (χ2v) is 5.51. The Hall–Kier alpha value is -1.33. The number of aromatic nitrogens is 1. The van der Waals surface area contributed by atoms with Crippen LogP contribution in [0.15, 0.2) is 12.1 Å². The Morgan fingerprint density at radius 1 is 1.50 bits per heavy atom. The molecule has 0 amide bonds. The van der Waals surface area contributed by atoms with Crippen LogP contribution in [0.4, 0.5) is 5.82 Å². The number of likely N-dealkylation sites (tertiary alicyclic amines) is 1. The summed E-state index contributed by atoms with van der Waals surface area (Å²) >= 11 is 5.83. The monoisotopic (exact) mass is 297 g/mol. The van der Waals surface area contributed by atoms with Crippen molar-refractivity contribution in [1.82, 2.24) is 9.88 Å². The van der Waals surface area contributed by atoms with Gasteiger partial charge in [0.15, 0.2) is 0 Å². The molecule has 0 bridgehead atoms. The predicted molar refractivity (Wildman–Crippen MR) is 79.5 cm³/mol. The van der Waals surface area contributed by atoms with Crippen LogP contribution in [0, 0.1) is 5.92 Å². The van der Waals surface area contributed by atoms with Gasteiger partial charge in [-0.25, -0.2) is 9.78 Å².